The maximum absolute atomic E-state index is 14.4. The Kier molecular flexibility index (Phi) is 8.11. The maximum atomic E-state index is 14.4. The highest BCUT2D eigenvalue weighted by molar-refractivity contribution is 5.90. The van der Waals surface area contributed by atoms with Crippen LogP contribution in [0.15, 0.2) is 65.8 Å². The second kappa shape index (κ2) is 10.8. The third-order valence-corrected chi connectivity index (χ3v) is 3.65. The normalized spacial score (nSPS) is 14.1. The van der Waals surface area contributed by atoms with Gasteiger partial charge in [0, 0.05) is 0 Å². The molecule has 0 amide bonds. The van der Waals surface area contributed by atoms with E-state index in [-0.39, 0.29) is 11.1 Å². The fraction of sp³-hybridized carbons (Fsp3) is 0.250. The van der Waals surface area contributed by atoms with Gasteiger partial charge in [-0.15, -0.1) is 0 Å². The number of hydrogen-bond donors (Lipinski definition) is 1. The van der Waals surface area contributed by atoms with Crippen molar-refractivity contribution >= 4 is 18.2 Å². The largest absolute Gasteiger partial charge is 0.459 e. The molecule has 8 heteroatoms. The molecule has 2 aromatic carbocycles. The smallest absolute Gasteiger partial charge is 0.338 e. The van der Waals surface area contributed by atoms with E-state index in [0.717, 1.165) is 6.21 Å². The third kappa shape index (κ3) is 6.17. The Morgan fingerprint density at radius 3 is 2.11 bits per heavy atom. The van der Waals surface area contributed by atoms with Crippen LogP contribution in [0, 0.1) is 0 Å². The van der Waals surface area contributed by atoms with Gasteiger partial charge in [-0.1, -0.05) is 41.6 Å². The SMILES string of the molecule is CON=C[C@@H](F)[C@H](OC(=O)c1ccccc1)[C@H](O)COC(=O)c1ccccc1. The monoisotopic (exact) mass is 389 g/mol. The molecule has 0 bridgehead atoms. The van der Waals surface area contributed by atoms with E-state index in [4.69, 9.17) is 9.47 Å². The first-order valence-corrected chi connectivity index (χ1v) is 8.40. The van der Waals surface area contributed by atoms with Gasteiger partial charge in [0.25, 0.3) is 0 Å². The number of ether oxygens (including phenoxy) is 2. The van der Waals surface area contributed by atoms with Gasteiger partial charge >= 0.3 is 11.9 Å². The summed E-state index contributed by atoms with van der Waals surface area (Å²) in [6, 6.07) is 16.0. The van der Waals surface area contributed by atoms with Crippen molar-refractivity contribution in [1.29, 1.82) is 0 Å². The number of esters is 2. The first kappa shape index (κ1) is 21.0. The highest BCUT2D eigenvalue weighted by Gasteiger charge is 2.33. The lowest BCUT2D eigenvalue weighted by Gasteiger charge is -2.24. The zero-order chi connectivity index (χ0) is 20.4. The van der Waals surface area contributed by atoms with Gasteiger partial charge in [0.1, 0.15) is 19.8 Å². The Labute approximate surface area is 161 Å². The van der Waals surface area contributed by atoms with Gasteiger partial charge < -0.3 is 19.4 Å². The zero-order valence-electron chi connectivity index (χ0n) is 15.1. The Hall–Kier alpha value is -3.26. The van der Waals surface area contributed by atoms with Crippen molar-refractivity contribution in [3.8, 4) is 0 Å². The first-order chi connectivity index (χ1) is 13.5. The molecule has 0 aliphatic heterocycles. The van der Waals surface area contributed by atoms with E-state index in [1.165, 1.54) is 31.4 Å². The van der Waals surface area contributed by atoms with Crippen LogP contribution in [0.4, 0.5) is 4.39 Å². The van der Waals surface area contributed by atoms with E-state index in [2.05, 4.69) is 9.99 Å². The Morgan fingerprint density at radius 2 is 1.57 bits per heavy atom. The third-order valence-electron chi connectivity index (χ3n) is 3.65. The molecule has 7 nitrogen and oxygen atoms in total. The molecule has 148 valence electrons. The highest BCUT2D eigenvalue weighted by Crippen LogP contribution is 2.13. The number of nitrogens with zero attached hydrogens (tertiary/aromatic N) is 1. The van der Waals surface area contributed by atoms with Gasteiger partial charge in [-0.05, 0) is 24.3 Å². The molecule has 0 fully saturated rings. The van der Waals surface area contributed by atoms with Crippen LogP contribution < -0.4 is 0 Å². The van der Waals surface area contributed by atoms with Gasteiger partial charge in [0.2, 0.25) is 0 Å². The number of alkyl halides is 1. The standard InChI is InChI=1S/C20H20FNO6/c1-26-22-12-16(21)18(28-20(25)15-10-6-3-7-11-15)17(23)13-27-19(24)14-8-4-2-5-9-14/h2-12,16-18,23H,13H2,1H3/t16-,17-,18+/m1/s1. The number of carbonyl (C=O) groups is 2. The number of oxime groups is 1. The predicted octanol–water partition coefficient (Wildman–Crippen LogP) is 2.40. The number of carbonyl (C=O) groups excluding carboxylic acids is 2. The van der Waals surface area contributed by atoms with Gasteiger partial charge in [-0.3, -0.25) is 0 Å². The molecule has 0 aromatic heterocycles. The molecule has 3 atom stereocenters. The van der Waals surface area contributed by atoms with Crippen LogP contribution in [0.25, 0.3) is 0 Å². The van der Waals surface area contributed by atoms with E-state index in [9.17, 15) is 19.1 Å². The Morgan fingerprint density at radius 1 is 1.04 bits per heavy atom. The number of rotatable bonds is 9. The van der Waals surface area contributed by atoms with E-state index < -0.39 is 36.9 Å². The summed E-state index contributed by atoms with van der Waals surface area (Å²) in [4.78, 5) is 28.6. The molecule has 0 unspecified atom stereocenters. The van der Waals surface area contributed by atoms with E-state index in [0.29, 0.717) is 0 Å². The molecule has 0 aliphatic carbocycles. The summed E-state index contributed by atoms with van der Waals surface area (Å²) in [7, 11) is 1.21. The lowest BCUT2D eigenvalue weighted by molar-refractivity contribution is -0.0594. The Bertz CT molecular complexity index is 784. The molecule has 2 aromatic rings. The van der Waals surface area contributed by atoms with Gasteiger partial charge in [-0.2, -0.15) is 0 Å². The Balaban J connectivity index is 2.05. The van der Waals surface area contributed by atoms with Gasteiger partial charge in [0.15, 0.2) is 12.3 Å². The molecule has 0 heterocycles. The van der Waals surface area contributed by atoms with Crippen LogP contribution in [0.1, 0.15) is 20.7 Å². The number of aliphatic hydroxyl groups is 1. The molecular weight excluding hydrogens is 369 g/mol. The molecule has 1 N–H and O–H groups in total. The lowest BCUT2D eigenvalue weighted by Crippen LogP contribution is -2.43. The fourth-order valence-electron chi connectivity index (χ4n) is 2.24. The second-order valence-electron chi connectivity index (χ2n) is 5.65. The molecule has 28 heavy (non-hydrogen) atoms. The second-order valence-corrected chi connectivity index (χ2v) is 5.65. The van der Waals surface area contributed by atoms with Crippen molar-refractivity contribution in [2.45, 2.75) is 18.4 Å². The molecule has 0 saturated heterocycles. The molecular formula is C20H20FNO6. The topological polar surface area (TPSA) is 94.4 Å². The van der Waals surface area contributed by atoms with Crippen LogP contribution in [-0.2, 0) is 14.3 Å². The van der Waals surface area contributed by atoms with Crippen molar-refractivity contribution in [1.82, 2.24) is 0 Å². The summed E-state index contributed by atoms with van der Waals surface area (Å²) in [5.41, 5.74) is 0.446. The van der Waals surface area contributed by atoms with Crippen LogP contribution in [0.2, 0.25) is 0 Å². The number of aliphatic hydroxyl groups excluding tert-OH is 1. The van der Waals surface area contributed by atoms with Crippen LogP contribution in [-0.4, -0.2) is 55.4 Å². The summed E-state index contributed by atoms with van der Waals surface area (Å²) in [6.45, 7) is -0.582. The van der Waals surface area contributed by atoms with Crippen molar-refractivity contribution in [3.63, 3.8) is 0 Å². The molecule has 0 saturated carbocycles. The molecule has 0 spiro atoms. The van der Waals surface area contributed by atoms with E-state index in [1.807, 2.05) is 0 Å². The predicted molar refractivity (Wildman–Crippen MR) is 98.8 cm³/mol. The average molecular weight is 389 g/mol. The zero-order valence-corrected chi connectivity index (χ0v) is 15.1. The minimum absolute atomic E-state index is 0.178. The number of benzene rings is 2. The molecule has 0 aliphatic rings. The summed E-state index contributed by atoms with van der Waals surface area (Å²) >= 11 is 0. The van der Waals surface area contributed by atoms with Crippen molar-refractivity contribution < 1.29 is 33.4 Å². The molecule has 0 radical (unpaired) electrons. The average Bonchev–Trinajstić information content (AvgIpc) is 2.74. The minimum Gasteiger partial charge on any atom is -0.459 e. The van der Waals surface area contributed by atoms with Crippen molar-refractivity contribution in [3.05, 3.63) is 71.8 Å². The molecule has 2 rings (SSSR count). The minimum atomic E-state index is -1.99. The summed E-state index contributed by atoms with van der Waals surface area (Å²) in [5, 5.41) is 13.6. The summed E-state index contributed by atoms with van der Waals surface area (Å²) in [6.07, 6.45) is -4.53. The van der Waals surface area contributed by atoms with Crippen LogP contribution in [0.3, 0.4) is 0 Å². The summed E-state index contributed by atoms with van der Waals surface area (Å²) in [5.74, 6) is -1.54. The maximum Gasteiger partial charge on any atom is 0.338 e. The van der Waals surface area contributed by atoms with Crippen molar-refractivity contribution in [2.24, 2.45) is 5.16 Å². The van der Waals surface area contributed by atoms with E-state index >= 15 is 0 Å². The fourth-order valence-corrected chi connectivity index (χ4v) is 2.24. The highest BCUT2D eigenvalue weighted by atomic mass is 19.1. The van der Waals surface area contributed by atoms with Gasteiger partial charge in [0.05, 0.1) is 17.3 Å². The first-order valence-electron chi connectivity index (χ1n) is 8.40. The van der Waals surface area contributed by atoms with Crippen molar-refractivity contribution in [2.75, 3.05) is 13.7 Å². The number of halogens is 1. The van der Waals surface area contributed by atoms with Crippen LogP contribution in [0.5, 0.6) is 0 Å². The quantitative estimate of drug-likeness (QED) is 0.402. The lowest BCUT2D eigenvalue weighted by atomic mass is 10.1. The van der Waals surface area contributed by atoms with E-state index in [1.54, 1.807) is 36.4 Å². The van der Waals surface area contributed by atoms with Gasteiger partial charge in [-0.25, -0.2) is 14.0 Å². The summed E-state index contributed by atoms with van der Waals surface area (Å²) < 4.78 is 24.5. The number of hydrogen-bond acceptors (Lipinski definition) is 7. The van der Waals surface area contributed by atoms with Crippen LogP contribution >= 0.6 is 0 Å².